The Morgan fingerprint density at radius 3 is 2.67 bits per heavy atom. The van der Waals surface area contributed by atoms with E-state index in [0.29, 0.717) is 3.92 Å². The number of hydrogen-bond donors (Lipinski definition) is 0. The summed E-state index contributed by atoms with van der Waals surface area (Å²) in [6.07, 6.45) is 3.94. The Labute approximate surface area is 68.4 Å². The van der Waals surface area contributed by atoms with Crippen LogP contribution in [0.1, 0.15) is 16.4 Å². The molecule has 0 bridgehead atoms. The molecule has 0 amide bonds. The molecule has 1 unspecified atom stereocenters. The van der Waals surface area contributed by atoms with Crippen LogP contribution < -0.4 is 0 Å². The summed E-state index contributed by atoms with van der Waals surface area (Å²) in [4.78, 5) is 0. The molecule has 0 aliphatic carbocycles. The SMILES string of the molecule is CC(I)c1cnn(C)c1. The number of halogens is 1. The van der Waals surface area contributed by atoms with Crippen LogP contribution in [0.5, 0.6) is 0 Å². The van der Waals surface area contributed by atoms with Gasteiger partial charge in [-0.3, -0.25) is 4.68 Å². The van der Waals surface area contributed by atoms with Gasteiger partial charge in [0.1, 0.15) is 0 Å². The van der Waals surface area contributed by atoms with Crippen LogP contribution in [0.4, 0.5) is 0 Å². The fraction of sp³-hybridized carbons (Fsp3) is 0.500. The largest absolute Gasteiger partial charge is 0.276 e. The maximum atomic E-state index is 4.05. The van der Waals surface area contributed by atoms with E-state index < -0.39 is 0 Å². The Morgan fingerprint density at radius 1 is 1.78 bits per heavy atom. The lowest BCUT2D eigenvalue weighted by molar-refractivity contribution is 0.767. The number of nitrogens with zero attached hydrogens (tertiary/aromatic N) is 2. The van der Waals surface area contributed by atoms with Crippen LogP contribution in [0.2, 0.25) is 0 Å². The molecular formula is C6H9IN2. The summed E-state index contributed by atoms with van der Waals surface area (Å²) in [5, 5.41) is 4.05. The number of aromatic nitrogens is 2. The van der Waals surface area contributed by atoms with Gasteiger partial charge in [-0.2, -0.15) is 5.10 Å². The summed E-state index contributed by atoms with van der Waals surface area (Å²) in [6, 6.07) is 0. The minimum atomic E-state index is 0.566. The number of rotatable bonds is 1. The van der Waals surface area contributed by atoms with E-state index in [4.69, 9.17) is 0 Å². The maximum absolute atomic E-state index is 4.05. The van der Waals surface area contributed by atoms with Gasteiger partial charge >= 0.3 is 0 Å². The molecule has 3 heteroatoms. The molecule has 0 saturated heterocycles. The molecule has 1 aromatic rings. The summed E-state index contributed by atoms with van der Waals surface area (Å²) in [5.74, 6) is 0. The fourth-order valence-electron chi connectivity index (χ4n) is 0.646. The van der Waals surface area contributed by atoms with E-state index in [0.717, 1.165) is 0 Å². The molecule has 0 radical (unpaired) electrons. The van der Waals surface area contributed by atoms with Gasteiger partial charge in [-0.1, -0.05) is 22.6 Å². The van der Waals surface area contributed by atoms with E-state index in [1.165, 1.54) is 5.56 Å². The Morgan fingerprint density at radius 2 is 2.44 bits per heavy atom. The van der Waals surface area contributed by atoms with Gasteiger partial charge in [-0.25, -0.2) is 0 Å². The van der Waals surface area contributed by atoms with Crippen LogP contribution >= 0.6 is 22.6 Å². The summed E-state index contributed by atoms with van der Waals surface area (Å²) in [5.41, 5.74) is 1.29. The molecule has 1 atom stereocenters. The van der Waals surface area contributed by atoms with Crippen LogP contribution in [0.15, 0.2) is 12.4 Å². The first-order chi connectivity index (χ1) is 4.20. The van der Waals surface area contributed by atoms with Gasteiger partial charge in [-0.05, 0) is 6.92 Å². The molecule has 50 valence electrons. The second-order valence-electron chi connectivity index (χ2n) is 2.06. The van der Waals surface area contributed by atoms with Crippen molar-refractivity contribution >= 4 is 22.6 Å². The molecule has 0 spiro atoms. The molecule has 0 saturated carbocycles. The predicted octanol–water partition coefficient (Wildman–Crippen LogP) is 1.92. The standard InChI is InChI=1S/C6H9IN2/c1-5(7)6-3-8-9(2)4-6/h3-5H,1-2H3. The van der Waals surface area contributed by atoms with E-state index >= 15 is 0 Å². The van der Waals surface area contributed by atoms with Crippen molar-refractivity contribution in [1.82, 2.24) is 9.78 Å². The highest BCUT2D eigenvalue weighted by molar-refractivity contribution is 14.1. The van der Waals surface area contributed by atoms with Crippen molar-refractivity contribution in [1.29, 1.82) is 0 Å². The van der Waals surface area contributed by atoms with Crippen LogP contribution in [-0.2, 0) is 7.05 Å². The fourth-order valence-corrected chi connectivity index (χ4v) is 0.967. The molecule has 0 aliphatic rings. The van der Waals surface area contributed by atoms with E-state index in [-0.39, 0.29) is 0 Å². The van der Waals surface area contributed by atoms with Crippen molar-refractivity contribution in [3.63, 3.8) is 0 Å². The second kappa shape index (κ2) is 2.68. The summed E-state index contributed by atoms with van der Waals surface area (Å²) >= 11 is 2.37. The van der Waals surface area contributed by atoms with Gasteiger partial charge in [0.25, 0.3) is 0 Å². The van der Waals surface area contributed by atoms with Gasteiger partial charge in [0, 0.05) is 22.7 Å². The number of alkyl halides is 1. The molecule has 1 rings (SSSR count). The van der Waals surface area contributed by atoms with Crippen molar-refractivity contribution in [2.24, 2.45) is 7.05 Å². The Balaban J connectivity index is 2.85. The maximum Gasteiger partial charge on any atom is 0.0532 e. The zero-order chi connectivity index (χ0) is 6.85. The Hall–Kier alpha value is -0.0600. The second-order valence-corrected chi connectivity index (χ2v) is 3.93. The van der Waals surface area contributed by atoms with E-state index in [9.17, 15) is 0 Å². The van der Waals surface area contributed by atoms with E-state index in [1.54, 1.807) is 0 Å². The van der Waals surface area contributed by atoms with Crippen molar-refractivity contribution in [3.05, 3.63) is 18.0 Å². The highest BCUT2D eigenvalue weighted by atomic mass is 127. The van der Waals surface area contributed by atoms with Crippen LogP contribution in [0.3, 0.4) is 0 Å². The first-order valence-corrected chi connectivity index (χ1v) is 4.07. The first kappa shape index (κ1) is 7.05. The molecule has 0 aromatic carbocycles. The monoisotopic (exact) mass is 236 g/mol. The quantitative estimate of drug-likeness (QED) is 0.538. The van der Waals surface area contributed by atoms with Crippen LogP contribution in [0.25, 0.3) is 0 Å². The van der Waals surface area contributed by atoms with Gasteiger partial charge in [0.15, 0.2) is 0 Å². The molecule has 1 aromatic heterocycles. The average molecular weight is 236 g/mol. The number of aryl methyl sites for hydroxylation is 1. The van der Waals surface area contributed by atoms with Crippen molar-refractivity contribution in [2.75, 3.05) is 0 Å². The van der Waals surface area contributed by atoms with Crippen molar-refractivity contribution < 1.29 is 0 Å². The molecule has 1 heterocycles. The Bertz CT molecular complexity index is 193. The van der Waals surface area contributed by atoms with Gasteiger partial charge in [0.2, 0.25) is 0 Å². The minimum absolute atomic E-state index is 0.566. The van der Waals surface area contributed by atoms with Gasteiger partial charge in [0.05, 0.1) is 6.20 Å². The predicted molar refractivity (Wildman–Crippen MR) is 45.6 cm³/mol. The van der Waals surface area contributed by atoms with Crippen LogP contribution in [-0.4, -0.2) is 9.78 Å². The van der Waals surface area contributed by atoms with Gasteiger partial charge < -0.3 is 0 Å². The smallest absolute Gasteiger partial charge is 0.0532 e. The van der Waals surface area contributed by atoms with Crippen LogP contribution in [0, 0.1) is 0 Å². The first-order valence-electron chi connectivity index (χ1n) is 2.83. The molecule has 0 fully saturated rings. The lowest BCUT2D eigenvalue weighted by Crippen LogP contribution is -1.84. The zero-order valence-corrected chi connectivity index (χ0v) is 7.66. The third kappa shape index (κ3) is 1.67. The molecule has 0 aliphatic heterocycles. The average Bonchev–Trinajstić information content (AvgIpc) is 2.14. The Kier molecular flexibility index (Phi) is 2.10. The lowest BCUT2D eigenvalue weighted by Gasteiger charge is -1.93. The van der Waals surface area contributed by atoms with Crippen molar-refractivity contribution in [3.8, 4) is 0 Å². The third-order valence-electron chi connectivity index (χ3n) is 1.18. The van der Waals surface area contributed by atoms with E-state index in [1.807, 2.05) is 24.1 Å². The highest BCUT2D eigenvalue weighted by Gasteiger charge is 2.00. The lowest BCUT2D eigenvalue weighted by atomic mass is 10.3. The third-order valence-corrected chi connectivity index (χ3v) is 1.90. The number of hydrogen-bond acceptors (Lipinski definition) is 1. The molecule has 9 heavy (non-hydrogen) atoms. The normalized spacial score (nSPS) is 13.7. The summed E-state index contributed by atoms with van der Waals surface area (Å²) in [6.45, 7) is 2.15. The van der Waals surface area contributed by atoms with Gasteiger partial charge in [-0.15, -0.1) is 0 Å². The molecular weight excluding hydrogens is 227 g/mol. The summed E-state index contributed by atoms with van der Waals surface area (Å²) in [7, 11) is 1.93. The highest BCUT2D eigenvalue weighted by Crippen LogP contribution is 2.20. The molecule has 2 nitrogen and oxygen atoms in total. The van der Waals surface area contributed by atoms with E-state index in [2.05, 4.69) is 34.6 Å². The molecule has 0 N–H and O–H groups in total. The minimum Gasteiger partial charge on any atom is -0.276 e. The van der Waals surface area contributed by atoms with Crippen molar-refractivity contribution in [2.45, 2.75) is 10.8 Å². The topological polar surface area (TPSA) is 17.8 Å². The summed E-state index contributed by atoms with van der Waals surface area (Å²) < 4.78 is 2.39. The zero-order valence-electron chi connectivity index (χ0n) is 5.50.